The molecule has 3 aliphatic rings. The maximum absolute atomic E-state index is 13.0. The van der Waals surface area contributed by atoms with Crippen LogP contribution in [0.4, 0.5) is 0 Å². The van der Waals surface area contributed by atoms with Gasteiger partial charge in [0.1, 0.15) is 6.54 Å². The fraction of sp³-hybridized carbons (Fsp3) is 0.600. The van der Waals surface area contributed by atoms with E-state index in [1.807, 2.05) is 17.9 Å². The predicted octanol–water partition coefficient (Wildman–Crippen LogP) is 1.23. The molecule has 8 nitrogen and oxygen atoms in total. The molecule has 0 bridgehead atoms. The van der Waals surface area contributed by atoms with Gasteiger partial charge >= 0.3 is 0 Å². The van der Waals surface area contributed by atoms with Gasteiger partial charge in [0.2, 0.25) is 11.8 Å². The van der Waals surface area contributed by atoms with Crippen LogP contribution < -0.4 is 0 Å². The van der Waals surface area contributed by atoms with E-state index < -0.39 is 0 Å². The van der Waals surface area contributed by atoms with Crippen molar-refractivity contribution >= 4 is 11.8 Å². The summed E-state index contributed by atoms with van der Waals surface area (Å²) in [5, 5.41) is 4.22. The van der Waals surface area contributed by atoms with Gasteiger partial charge in [-0.05, 0) is 38.7 Å². The van der Waals surface area contributed by atoms with E-state index in [4.69, 9.17) is 0 Å². The zero-order chi connectivity index (χ0) is 19.3. The number of likely N-dealkylation sites (tertiary alicyclic amines) is 1. The zero-order valence-electron chi connectivity index (χ0n) is 16.2. The number of nitrogens with one attached hydrogen (secondary N) is 1. The molecule has 2 aromatic heterocycles. The molecule has 2 aromatic rings. The van der Waals surface area contributed by atoms with Gasteiger partial charge in [-0.3, -0.25) is 14.3 Å². The number of hydrogen-bond donors (Lipinski definition) is 1. The smallest absolute Gasteiger partial charge is 0.244 e. The highest BCUT2D eigenvalue weighted by atomic mass is 16.2. The lowest BCUT2D eigenvalue weighted by atomic mass is 9.78. The Balaban J connectivity index is 1.36. The van der Waals surface area contributed by atoms with E-state index in [2.05, 4.69) is 20.0 Å². The second-order valence-electron chi connectivity index (χ2n) is 8.29. The molecular formula is C20H26N6O2. The summed E-state index contributed by atoms with van der Waals surface area (Å²) < 4.78 is 1.74. The van der Waals surface area contributed by atoms with Crippen LogP contribution in [0, 0.1) is 12.8 Å². The number of carbonyl (C=O) groups excluding carboxylic acids is 2. The summed E-state index contributed by atoms with van der Waals surface area (Å²) in [5.41, 5.74) is 2.78. The van der Waals surface area contributed by atoms with Crippen molar-refractivity contribution in [3.63, 3.8) is 0 Å². The molecule has 1 N–H and O–H groups in total. The van der Waals surface area contributed by atoms with Gasteiger partial charge in [-0.15, -0.1) is 0 Å². The lowest BCUT2D eigenvalue weighted by molar-refractivity contribution is -0.145. The third-order valence-electron chi connectivity index (χ3n) is 6.61. The van der Waals surface area contributed by atoms with Crippen molar-refractivity contribution in [1.82, 2.24) is 29.5 Å². The predicted molar refractivity (Wildman–Crippen MR) is 101 cm³/mol. The van der Waals surface area contributed by atoms with Crippen molar-refractivity contribution in [3.8, 4) is 0 Å². The first-order valence-corrected chi connectivity index (χ1v) is 10.2. The summed E-state index contributed by atoms with van der Waals surface area (Å²) in [5.74, 6) is 0.556. The number of hydrogen-bond acceptors (Lipinski definition) is 4. The number of amides is 2. The van der Waals surface area contributed by atoms with Crippen molar-refractivity contribution in [2.24, 2.45) is 5.92 Å². The average molecular weight is 382 g/mol. The summed E-state index contributed by atoms with van der Waals surface area (Å²) >= 11 is 0. The quantitative estimate of drug-likeness (QED) is 0.865. The number of aryl methyl sites for hydroxylation is 1. The SMILES string of the molecule is Cc1ccnn1CC(=O)N1CCC2(CC1)c1nc[nH]c1CCN2C(=O)C1CC1. The number of nitrogens with zero attached hydrogens (tertiary/aromatic N) is 5. The molecule has 8 heteroatoms. The highest BCUT2D eigenvalue weighted by molar-refractivity contribution is 5.82. The minimum absolute atomic E-state index is 0.0831. The highest BCUT2D eigenvalue weighted by Gasteiger charge is 2.51. The van der Waals surface area contributed by atoms with Crippen molar-refractivity contribution in [2.45, 2.75) is 51.1 Å². The Hall–Kier alpha value is -2.64. The van der Waals surface area contributed by atoms with Crippen molar-refractivity contribution < 1.29 is 9.59 Å². The molecular weight excluding hydrogens is 356 g/mol. The van der Waals surface area contributed by atoms with Crippen LogP contribution >= 0.6 is 0 Å². The van der Waals surface area contributed by atoms with Crippen LogP contribution in [0.2, 0.25) is 0 Å². The third kappa shape index (κ3) is 2.73. The molecule has 1 aliphatic carbocycles. The van der Waals surface area contributed by atoms with Crippen LogP contribution in [0.3, 0.4) is 0 Å². The Morgan fingerprint density at radius 3 is 2.71 bits per heavy atom. The molecule has 2 fully saturated rings. The fourth-order valence-electron chi connectivity index (χ4n) is 4.78. The Bertz CT molecular complexity index is 903. The van der Waals surface area contributed by atoms with Crippen molar-refractivity contribution in [2.75, 3.05) is 19.6 Å². The first-order chi connectivity index (χ1) is 13.6. The van der Waals surface area contributed by atoms with Gasteiger partial charge in [-0.1, -0.05) is 0 Å². The van der Waals surface area contributed by atoms with Crippen LogP contribution in [-0.2, 0) is 28.1 Å². The van der Waals surface area contributed by atoms with Crippen LogP contribution in [0.1, 0.15) is 42.8 Å². The summed E-state index contributed by atoms with van der Waals surface area (Å²) in [6.07, 6.45) is 7.79. The summed E-state index contributed by atoms with van der Waals surface area (Å²) in [6, 6.07) is 1.90. The van der Waals surface area contributed by atoms with Gasteiger partial charge in [-0.25, -0.2) is 4.98 Å². The average Bonchev–Trinajstić information content (AvgIpc) is 3.31. The van der Waals surface area contributed by atoms with Gasteiger partial charge < -0.3 is 14.8 Å². The van der Waals surface area contributed by atoms with Gasteiger partial charge in [0.25, 0.3) is 0 Å². The second-order valence-corrected chi connectivity index (χ2v) is 8.29. The number of fused-ring (bicyclic) bond motifs is 2. The van der Waals surface area contributed by atoms with Gasteiger partial charge in [0.05, 0.1) is 17.6 Å². The number of piperidine rings is 1. The van der Waals surface area contributed by atoms with E-state index in [-0.39, 0.29) is 29.8 Å². The molecule has 0 atom stereocenters. The first kappa shape index (κ1) is 17.5. The van der Waals surface area contributed by atoms with Crippen LogP contribution in [0.15, 0.2) is 18.6 Å². The van der Waals surface area contributed by atoms with E-state index in [1.54, 1.807) is 17.2 Å². The molecule has 0 unspecified atom stereocenters. The van der Waals surface area contributed by atoms with Gasteiger partial charge in [0.15, 0.2) is 0 Å². The van der Waals surface area contributed by atoms with Crippen LogP contribution in [0.5, 0.6) is 0 Å². The molecule has 0 radical (unpaired) electrons. The summed E-state index contributed by atoms with van der Waals surface area (Å²) in [6.45, 7) is 4.24. The number of H-pyrrole nitrogens is 1. The van der Waals surface area contributed by atoms with E-state index in [9.17, 15) is 9.59 Å². The fourth-order valence-corrected chi connectivity index (χ4v) is 4.78. The van der Waals surface area contributed by atoms with E-state index >= 15 is 0 Å². The standard InChI is InChI=1S/C20H26N6O2/c1-14-4-8-23-26(14)12-17(27)24-10-6-20(7-11-24)18-16(21-13-22-18)5-9-25(20)19(28)15-2-3-15/h4,8,13,15H,2-3,5-7,9-12H2,1H3,(H,21,22). The lowest BCUT2D eigenvalue weighted by Gasteiger charge is -2.50. The van der Waals surface area contributed by atoms with E-state index in [0.29, 0.717) is 13.1 Å². The topological polar surface area (TPSA) is 87.1 Å². The molecule has 148 valence electrons. The van der Waals surface area contributed by atoms with Gasteiger partial charge in [-0.2, -0.15) is 5.10 Å². The van der Waals surface area contributed by atoms with Crippen LogP contribution in [-0.4, -0.2) is 61.0 Å². The Kier molecular flexibility index (Phi) is 4.03. The molecule has 0 aromatic carbocycles. The zero-order valence-corrected chi connectivity index (χ0v) is 16.2. The minimum atomic E-state index is -0.369. The lowest BCUT2D eigenvalue weighted by Crippen LogP contribution is -2.59. The molecule has 5 rings (SSSR count). The number of imidazole rings is 1. The maximum atomic E-state index is 13.0. The molecule has 28 heavy (non-hydrogen) atoms. The monoisotopic (exact) mass is 382 g/mol. The first-order valence-electron chi connectivity index (χ1n) is 10.2. The Morgan fingerprint density at radius 2 is 2.04 bits per heavy atom. The summed E-state index contributed by atoms with van der Waals surface area (Å²) in [4.78, 5) is 37.7. The number of aromatic amines is 1. The van der Waals surface area contributed by atoms with Crippen molar-refractivity contribution in [1.29, 1.82) is 0 Å². The van der Waals surface area contributed by atoms with Gasteiger partial charge in [0, 0.05) is 49.6 Å². The minimum Gasteiger partial charge on any atom is -0.348 e. The van der Waals surface area contributed by atoms with E-state index in [0.717, 1.165) is 55.7 Å². The van der Waals surface area contributed by atoms with Crippen molar-refractivity contribution in [3.05, 3.63) is 35.7 Å². The largest absolute Gasteiger partial charge is 0.348 e. The third-order valence-corrected chi connectivity index (χ3v) is 6.61. The number of aromatic nitrogens is 4. The molecule has 1 saturated heterocycles. The molecule has 4 heterocycles. The number of rotatable bonds is 3. The molecule has 1 saturated carbocycles. The normalized spacial score (nSPS) is 21.0. The molecule has 2 aliphatic heterocycles. The second kappa shape index (κ2) is 6.46. The maximum Gasteiger partial charge on any atom is 0.244 e. The summed E-state index contributed by atoms with van der Waals surface area (Å²) in [7, 11) is 0. The number of carbonyl (C=O) groups is 2. The van der Waals surface area contributed by atoms with E-state index in [1.165, 1.54) is 0 Å². The molecule has 1 spiro atoms. The molecule has 2 amide bonds. The Morgan fingerprint density at radius 1 is 1.25 bits per heavy atom. The highest BCUT2D eigenvalue weighted by Crippen LogP contribution is 2.45. The van der Waals surface area contributed by atoms with Crippen LogP contribution in [0.25, 0.3) is 0 Å². The Labute approximate surface area is 163 Å².